The van der Waals surface area contributed by atoms with Crippen LogP contribution in [0.15, 0.2) is 57.9 Å². The maximum Gasteiger partial charge on any atom is 0.242 e. The molecule has 0 aliphatic rings. The van der Waals surface area contributed by atoms with Gasteiger partial charge in [-0.25, -0.2) is 12.8 Å². The van der Waals surface area contributed by atoms with E-state index in [1.165, 1.54) is 18.2 Å². The summed E-state index contributed by atoms with van der Waals surface area (Å²) in [4.78, 5) is 3.68. The van der Waals surface area contributed by atoms with Crippen LogP contribution in [0.4, 0.5) is 4.39 Å². The highest BCUT2D eigenvalue weighted by Gasteiger charge is 2.23. The van der Waals surface area contributed by atoms with Crippen LogP contribution < -0.4 is 4.74 Å². The number of hydrogen-bond acceptors (Lipinski definition) is 6. The Bertz CT molecular complexity index is 968. The molecule has 0 radical (unpaired) electrons. The molecule has 0 spiro atoms. The maximum absolute atomic E-state index is 13.7. The van der Waals surface area contributed by atoms with Crippen LogP contribution in [-0.4, -0.2) is 25.2 Å². The van der Waals surface area contributed by atoms with Gasteiger partial charge < -0.3 is 9.26 Å². The summed E-state index contributed by atoms with van der Waals surface area (Å²) in [6.45, 7) is 2.44. The van der Waals surface area contributed by atoms with Crippen molar-refractivity contribution >= 4 is 9.84 Å². The number of hydrogen-bond donors (Lipinski definition) is 0. The molecule has 0 unspecified atom stereocenters. The average molecular weight is 362 g/mol. The van der Waals surface area contributed by atoms with Gasteiger partial charge in [0.2, 0.25) is 11.7 Å². The summed E-state index contributed by atoms with van der Waals surface area (Å²) >= 11 is 0. The highest BCUT2D eigenvalue weighted by Crippen LogP contribution is 2.22. The number of aromatic nitrogens is 2. The second kappa shape index (κ2) is 7.02. The summed E-state index contributed by atoms with van der Waals surface area (Å²) in [5.41, 5.74) is 0.654. The molecule has 0 saturated carbocycles. The van der Waals surface area contributed by atoms with Crippen molar-refractivity contribution in [1.82, 2.24) is 10.1 Å². The van der Waals surface area contributed by atoms with Gasteiger partial charge in [0.05, 0.1) is 6.61 Å². The highest BCUT2D eigenvalue weighted by molar-refractivity contribution is 7.90. The third-order valence-electron chi connectivity index (χ3n) is 3.38. The Labute approximate surface area is 144 Å². The summed E-state index contributed by atoms with van der Waals surface area (Å²) in [6, 6.07) is 12.2. The van der Waals surface area contributed by atoms with Crippen molar-refractivity contribution in [3.05, 3.63) is 60.2 Å². The van der Waals surface area contributed by atoms with E-state index in [4.69, 9.17) is 9.26 Å². The minimum absolute atomic E-state index is 0.105. The highest BCUT2D eigenvalue weighted by atomic mass is 32.2. The van der Waals surface area contributed by atoms with Gasteiger partial charge >= 0.3 is 0 Å². The SMILES string of the molecule is CCOc1ccc(-c2noc(CS(=O)(=O)c3ccccc3F)n2)cc1. The molecule has 130 valence electrons. The van der Waals surface area contributed by atoms with Gasteiger partial charge in [0.1, 0.15) is 22.2 Å². The molecule has 0 fully saturated rings. The Morgan fingerprint density at radius 1 is 1.12 bits per heavy atom. The van der Waals surface area contributed by atoms with Crippen molar-refractivity contribution in [3.63, 3.8) is 0 Å². The second-order valence-electron chi connectivity index (χ2n) is 5.16. The molecule has 0 saturated heterocycles. The van der Waals surface area contributed by atoms with E-state index in [1.54, 1.807) is 24.3 Å². The lowest BCUT2D eigenvalue weighted by atomic mass is 10.2. The van der Waals surface area contributed by atoms with E-state index in [0.29, 0.717) is 17.9 Å². The summed E-state index contributed by atoms with van der Waals surface area (Å²) in [5, 5.41) is 3.78. The zero-order valence-electron chi connectivity index (χ0n) is 13.3. The Morgan fingerprint density at radius 3 is 2.52 bits per heavy atom. The minimum atomic E-state index is -3.92. The van der Waals surface area contributed by atoms with E-state index in [2.05, 4.69) is 10.1 Å². The van der Waals surface area contributed by atoms with E-state index in [9.17, 15) is 12.8 Å². The monoisotopic (exact) mass is 362 g/mol. The van der Waals surface area contributed by atoms with E-state index in [1.807, 2.05) is 6.92 Å². The zero-order valence-corrected chi connectivity index (χ0v) is 14.2. The molecule has 0 aliphatic carbocycles. The molecular formula is C17H15FN2O4S. The summed E-state index contributed by atoms with van der Waals surface area (Å²) in [7, 11) is -3.92. The quantitative estimate of drug-likeness (QED) is 0.669. The van der Waals surface area contributed by atoms with Gasteiger partial charge in [-0.1, -0.05) is 17.3 Å². The molecule has 6 nitrogen and oxygen atoms in total. The zero-order chi connectivity index (χ0) is 17.9. The van der Waals surface area contributed by atoms with Crippen molar-refractivity contribution in [3.8, 4) is 17.1 Å². The first-order valence-corrected chi connectivity index (χ1v) is 9.18. The van der Waals surface area contributed by atoms with Crippen LogP contribution in [0.25, 0.3) is 11.4 Å². The Balaban J connectivity index is 1.81. The summed E-state index contributed by atoms with van der Waals surface area (Å²) in [6.07, 6.45) is 0. The van der Waals surface area contributed by atoms with Gasteiger partial charge in [0, 0.05) is 5.56 Å². The second-order valence-corrected chi connectivity index (χ2v) is 7.12. The number of halogens is 1. The Hall–Kier alpha value is -2.74. The fraction of sp³-hybridized carbons (Fsp3) is 0.176. The molecule has 0 N–H and O–H groups in total. The molecule has 1 aromatic heterocycles. The molecule has 1 heterocycles. The van der Waals surface area contributed by atoms with Gasteiger partial charge in [0.25, 0.3) is 0 Å². The molecular weight excluding hydrogens is 347 g/mol. The first kappa shape index (κ1) is 17.1. The Morgan fingerprint density at radius 2 is 1.84 bits per heavy atom. The fourth-order valence-electron chi connectivity index (χ4n) is 2.23. The third-order valence-corrected chi connectivity index (χ3v) is 5.01. The number of ether oxygens (including phenoxy) is 1. The lowest BCUT2D eigenvalue weighted by Crippen LogP contribution is -2.07. The number of sulfone groups is 1. The lowest BCUT2D eigenvalue weighted by molar-refractivity contribution is 0.340. The largest absolute Gasteiger partial charge is 0.494 e. The normalized spacial score (nSPS) is 11.4. The summed E-state index contributed by atoms with van der Waals surface area (Å²) < 4.78 is 48.7. The van der Waals surface area contributed by atoms with Crippen molar-refractivity contribution in [1.29, 1.82) is 0 Å². The van der Waals surface area contributed by atoms with Gasteiger partial charge in [-0.3, -0.25) is 0 Å². The van der Waals surface area contributed by atoms with Crippen molar-refractivity contribution in [2.24, 2.45) is 0 Å². The predicted octanol–water partition coefficient (Wildman–Crippen LogP) is 3.25. The van der Waals surface area contributed by atoms with E-state index in [-0.39, 0.29) is 11.7 Å². The van der Waals surface area contributed by atoms with Crippen LogP contribution in [0.2, 0.25) is 0 Å². The van der Waals surface area contributed by atoms with E-state index in [0.717, 1.165) is 6.07 Å². The first-order chi connectivity index (χ1) is 12.0. The van der Waals surface area contributed by atoms with Crippen molar-refractivity contribution in [2.75, 3.05) is 6.61 Å². The van der Waals surface area contributed by atoms with Crippen LogP contribution in [-0.2, 0) is 15.6 Å². The fourth-order valence-corrected chi connectivity index (χ4v) is 3.48. The lowest BCUT2D eigenvalue weighted by Gasteiger charge is -2.02. The Kier molecular flexibility index (Phi) is 4.80. The van der Waals surface area contributed by atoms with Crippen LogP contribution in [0.3, 0.4) is 0 Å². The smallest absolute Gasteiger partial charge is 0.242 e. The molecule has 3 rings (SSSR count). The summed E-state index contributed by atoms with van der Waals surface area (Å²) in [5.74, 6) is -0.530. The van der Waals surface area contributed by atoms with Gasteiger partial charge in [-0.05, 0) is 43.3 Å². The van der Waals surface area contributed by atoms with Gasteiger partial charge in [-0.2, -0.15) is 4.98 Å². The number of nitrogens with zero attached hydrogens (tertiary/aromatic N) is 2. The molecule has 25 heavy (non-hydrogen) atoms. The standard InChI is InChI=1S/C17H15FN2O4S/c1-2-23-13-9-7-12(8-10-13)17-19-16(24-20-17)11-25(21,22)15-6-4-3-5-14(15)18/h3-10H,2,11H2,1H3. The molecule has 0 bridgehead atoms. The van der Waals surface area contributed by atoms with Crippen LogP contribution in [0, 0.1) is 5.82 Å². The van der Waals surface area contributed by atoms with Crippen molar-refractivity contribution in [2.45, 2.75) is 17.6 Å². The molecule has 8 heteroatoms. The van der Waals surface area contributed by atoms with Crippen LogP contribution in [0.1, 0.15) is 12.8 Å². The minimum Gasteiger partial charge on any atom is -0.494 e. The van der Waals surface area contributed by atoms with Crippen LogP contribution >= 0.6 is 0 Å². The number of benzene rings is 2. The first-order valence-electron chi connectivity index (χ1n) is 7.52. The molecule has 0 atom stereocenters. The number of rotatable bonds is 6. The molecule has 0 aliphatic heterocycles. The van der Waals surface area contributed by atoms with E-state index < -0.39 is 26.3 Å². The maximum atomic E-state index is 13.7. The van der Waals surface area contributed by atoms with Gasteiger partial charge in [-0.15, -0.1) is 0 Å². The third kappa shape index (κ3) is 3.85. The molecule has 3 aromatic rings. The molecule has 2 aromatic carbocycles. The average Bonchev–Trinajstić information content (AvgIpc) is 3.04. The predicted molar refractivity (Wildman–Crippen MR) is 88.2 cm³/mol. The van der Waals surface area contributed by atoms with Gasteiger partial charge in [0.15, 0.2) is 9.84 Å². The van der Waals surface area contributed by atoms with Crippen molar-refractivity contribution < 1.29 is 22.1 Å². The van der Waals surface area contributed by atoms with E-state index >= 15 is 0 Å². The van der Waals surface area contributed by atoms with Crippen LogP contribution in [0.5, 0.6) is 5.75 Å². The molecule has 0 amide bonds. The topological polar surface area (TPSA) is 82.3 Å².